The van der Waals surface area contributed by atoms with Crippen molar-refractivity contribution >= 4 is 33.2 Å². The van der Waals surface area contributed by atoms with Crippen molar-refractivity contribution < 1.29 is 35.5 Å². The van der Waals surface area contributed by atoms with Gasteiger partial charge in [-0.3, -0.25) is 4.79 Å². The van der Waals surface area contributed by atoms with E-state index in [2.05, 4.69) is 5.32 Å². The largest absolute Gasteiger partial charge is 0.495 e. The van der Waals surface area contributed by atoms with Crippen LogP contribution in [0.15, 0.2) is 41.3 Å². The summed E-state index contributed by atoms with van der Waals surface area (Å²) < 4.78 is 82.3. The second-order valence-corrected chi connectivity index (χ2v) is 8.25. The third-order valence-corrected chi connectivity index (χ3v) is 5.85. The summed E-state index contributed by atoms with van der Waals surface area (Å²) in [5.41, 5.74) is -1.88. The summed E-state index contributed by atoms with van der Waals surface area (Å²) in [7, 11) is -1.66. The van der Waals surface area contributed by atoms with E-state index < -0.39 is 40.0 Å². The molecule has 1 amide bonds. The van der Waals surface area contributed by atoms with Crippen LogP contribution in [0, 0.1) is 5.82 Å². The Morgan fingerprint density at radius 1 is 1.21 bits per heavy atom. The molecule has 1 N–H and O–H groups in total. The average molecular weight is 455 g/mol. The fraction of sp³-hybridized carbons (Fsp3) is 0.235. The van der Waals surface area contributed by atoms with Gasteiger partial charge in [0.25, 0.3) is 0 Å². The van der Waals surface area contributed by atoms with E-state index in [1.165, 1.54) is 19.2 Å². The van der Waals surface area contributed by atoms with Crippen LogP contribution in [0.1, 0.15) is 5.56 Å². The van der Waals surface area contributed by atoms with Crippen LogP contribution in [0.2, 0.25) is 5.02 Å². The van der Waals surface area contributed by atoms with Gasteiger partial charge >= 0.3 is 6.18 Å². The third kappa shape index (κ3) is 5.37. The molecule has 0 bridgehead atoms. The molecule has 6 nitrogen and oxygen atoms in total. The van der Waals surface area contributed by atoms with Crippen LogP contribution >= 0.6 is 11.6 Å². The third-order valence-electron chi connectivity index (χ3n) is 3.75. The highest BCUT2D eigenvalue weighted by Gasteiger charge is 2.34. The van der Waals surface area contributed by atoms with Crippen LogP contribution in [0.25, 0.3) is 0 Å². The number of halogens is 5. The Balaban J connectivity index is 2.15. The molecule has 0 saturated heterocycles. The molecule has 0 spiro atoms. The lowest BCUT2D eigenvalue weighted by atomic mass is 10.2. The van der Waals surface area contributed by atoms with Gasteiger partial charge in [0.15, 0.2) is 0 Å². The maximum absolute atomic E-state index is 13.3. The molecule has 158 valence electrons. The van der Waals surface area contributed by atoms with Gasteiger partial charge in [-0.1, -0.05) is 11.6 Å². The molecule has 0 fully saturated rings. The molecule has 2 aromatic rings. The van der Waals surface area contributed by atoms with E-state index in [1.807, 2.05) is 0 Å². The number of rotatable bonds is 6. The summed E-state index contributed by atoms with van der Waals surface area (Å²) in [6.07, 6.45) is -4.95. The smallest absolute Gasteiger partial charge is 0.419 e. The first-order chi connectivity index (χ1) is 13.4. The number of anilines is 1. The summed E-state index contributed by atoms with van der Waals surface area (Å²) in [6, 6.07) is 5.60. The summed E-state index contributed by atoms with van der Waals surface area (Å²) in [5.74, 6) is -2.16. The average Bonchev–Trinajstić information content (AvgIpc) is 2.62. The number of ether oxygens (including phenoxy) is 1. The molecule has 12 heteroatoms. The number of hydrogen-bond acceptors (Lipinski definition) is 4. The first kappa shape index (κ1) is 22.9. The molecule has 0 aromatic heterocycles. The molecule has 0 aliphatic carbocycles. The molecule has 0 aliphatic heterocycles. The Bertz CT molecular complexity index is 1030. The van der Waals surface area contributed by atoms with Crippen LogP contribution in [0.3, 0.4) is 0 Å². The highest BCUT2D eigenvalue weighted by molar-refractivity contribution is 7.89. The van der Waals surface area contributed by atoms with E-state index in [0.29, 0.717) is 16.4 Å². The number of hydrogen-bond donors (Lipinski definition) is 1. The number of carbonyl (C=O) groups excluding carboxylic acids is 1. The monoisotopic (exact) mass is 454 g/mol. The molecule has 0 unspecified atom stereocenters. The Kier molecular flexibility index (Phi) is 6.76. The second kappa shape index (κ2) is 8.56. The summed E-state index contributed by atoms with van der Waals surface area (Å²) in [6.45, 7) is -0.704. The number of amides is 1. The van der Waals surface area contributed by atoms with Crippen molar-refractivity contribution in [1.82, 2.24) is 4.31 Å². The molecular weight excluding hydrogens is 440 g/mol. The Hall–Kier alpha value is -2.37. The Labute approximate surface area is 169 Å². The van der Waals surface area contributed by atoms with Gasteiger partial charge in [0.2, 0.25) is 15.9 Å². The maximum Gasteiger partial charge on any atom is 0.419 e. The van der Waals surface area contributed by atoms with Crippen LogP contribution in [-0.4, -0.2) is 39.3 Å². The topological polar surface area (TPSA) is 75.7 Å². The van der Waals surface area contributed by atoms with Crippen LogP contribution in [-0.2, 0) is 21.0 Å². The first-order valence-corrected chi connectivity index (χ1v) is 9.64. The molecule has 2 aromatic carbocycles. The number of likely N-dealkylation sites (N-methyl/N-ethyl adjacent to an activating group) is 1. The van der Waals surface area contributed by atoms with E-state index in [4.69, 9.17) is 16.3 Å². The molecule has 0 atom stereocenters. The fourth-order valence-corrected chi connectivity index (χ4v) is 3.77. The zero-order valence-electron chi connectivity index (χ0n) is 15.0. The van der Waals surface area contributed by atoms with E-state index in [-0.39, 0.29) is 21.4 Å². The van der Waals surface area contributed by atoms with Gasteiger partial charge in [0.1, 0.15) is 11.6 Å². The molecule has 29 heavy (non-hydrogen) atoms. The highest BCUT2D eigenvalue weighted by atomic mass is 35.5. The predicted molar refractivity (Wildman–Crippen MR) is 97.9 cm³/mol. The van der Waals surface area contributed by atoms with Gasteiger partial charge in [-0.25, -0.2) is 12.8 Å². The van der Waals surface area contributed by atoms with Gasteiger partial charge in [0.05, 0.1) is 29.1 Å². The Morgan fingerprint density at radius 2 is 1.86 bits per heavy atom. The van der Waals surface area contributed by atoms with E-state index in [1.54, 1.807) is 0 Å². The number of benzene rings is 2. The molecule has 2 rings (SSSR count). The SMILES string of the molecule is COc1ccc(S(=O)(=O)N(C)CC(=O)Nc2ccc(F)c(C(F)(F)F)c2)cc1Cl. The molecule has 0 aliphatic rings. The van der Waals surface area contributed by atoms with E-state index in [0.717, 1.165) is 19.2 Å². The summed E-state index contributed by atoms with van der Waals surface area (Å²) in [5, 5.41) is 2.15. The number of alkyl halides is 3. The first-order valence-electron chi connectivity index (χ1n) is 7.82. The fourth-order valence-electron chi connectivity index (χ4n) is 2.30. The lowest BCUT2D eigenvalue weighted by Crippen LogP contribution is -2.35. The standard InChI is InChI=1S/C17H15ClF4N2O4S/c1-24(29(26,27)11-4-6-15(28-2)13(18)8-11)9-16(25)23-10-3-5-14(19)12(7-10)17(20,21)22/h3-8H,9H2,1-2H3,(H,23,25). The molecule has 0 saturated carbocycles. The summed E-state index contributed by atoms with van der Waals surface area (Å²) in [4.78, 5) is 11.9. The number of carbonyl (C=O) groups is 1. The normalized spacial score (nSPS) is 12.1. The van der Waals surface area contributed by atoms with Crippen LogP contribution in [0.5, 0.6) is 5.75 Å². The second-order valence-electron chi connectivity index (χ2n) is 5.80. The predicted octanol–water partition coefficient (Wildman–Crippen LogP) is 3.77. The van der Waals surface area contributed by atoms with Crippen molar-refractivity contribution in [2.24, 2.45) is 0 Å². The molecule has 0 heterocycles. The molecule has 0 radical (unpaired) electrons. The van der Waals surface area contributed by atoms with E-state index in [9.17, 15) is 30.8 Å². The van der Waals surface area contributed by atoms with Gasteiger partial charge in [-0.2, -0.15) is 17.5 Å². The van der Waals surface area contributed by atoms with Crippen molar-refractivity contribution in [2.45, 2.75) is 11.1 Å². The molecular formula is C17H15ClF4N2O4S. The quantitative estimate of drug-likeness (QED) is 0.674. The number of methoxy groups -OCH3 is 1. The minimum absolute atomic E-state index is 0.0393. The zero-order chi connectivity index (χ0) is 22.0. The number of nitrogens with one attached hydrogen (secondary N) is 1. The van der Waals surface area contributed by atoms with Crippen molar-refractivity contribution in [3.63, 3.8) is 0 Å². The highest BCUT2D eigenvalue weighted by Crippen LogP contribution is 2.33. The van der Waals surface area contributed by atoms with Gasteiger partial charge in [-0.05, 0) is 36.4 Å². The van der Waals surface area contributed by atoms with Gasteiger partial charge < -0.3 is 10.1 Å². The van der Waals surface area contributed by atoms with Crippen LogP contribution in [0.4, 0.5) is 23.2 Å². The lowest BCUT2D eigenvalue weighted by Gasteiger charge is -2.18. The number of sulfonamides is 1. The van der Waals surface area contributed by atoms with Crippen LogP contribution < -0.4 is 10.1 Å². The lowest BCUT2D eigenvalue weighted by molar-refractivity contribution is -0.140. The van der Waals surface area contributed by atoms with Gasteiger partial charge in [-0.15, -0.1) is 0 Å². The number of nitrogens with zero attached hydrogens (tertiary/aromatic N) is 1. The summed E-state index contributed by atoms with van der Waals surface area (Å²) >= 11 is 5.91. The van der Waals surface area contributed by atoms with Crippen molar-refractivity contribution in [2.75, 3.05) is 26.0 Å². The van der Waals surface area contributed by atoms with Crippen molar-refractivity contribution in [3.8, 4) is 5.75 Å². The van der Waals surface area contributed by atoms with Crippen molar-refractivity contribution in [3.05, 3.63) is 52.8 Å². The maximum atomic E-state index is 13.3. The van der Waals surface area contributed by atoms with Gasteiger partial charge in [0, 0.05) is 12.7 Å². The minimum atomic E-state index is -4.95. The van der Waals surface area contributed by atoms with Crippen molar-refractivity contribution in [1.29, 1.82) is 0 Å². The van der Waals surface area contributed by atoms with E-state index >= 15 is 0 Å². The zero-order valence-corrected chi connectivity index (χ0v) is 16.6. The Morgan fingerprint density at radius 3 is 2.41 bits per heavy atom. The minimum Gasteiger partial charge on any atom is -0.495 e.